The summed E-state index contributed by atoms with van der Waals surface area (Å²) in [5, 5.41) is 33.7. The Morgan fingerprint density at radius 3 is 2.68 bits per heavy atom. The summed E-state index contributed by atoms with van der Waals surface area (Å²) in [7, 11) is 1.39. The maximum atomic E-state index is 10.1. The molecule has 120 valence electrons. The molecule has 0 aliphatic carbocycles. The maximum Gasteiger partial charge on any atom is 0.320 e. The first-order valence-electron chi connectivity index (χ1n) is 6.35. The minimum absolute atomic E-state index is 0.0328. The number of rotatable bonds is 3. The van der Waals surface area contributed by atoms with Crippen molar-refractivity contribution in [1.82, 2.24) is 19.7 Å². The number of hydrogen-bond donors (Lipinski definition) is 4. The smallest absolute Gasteiger partial charge is 0.320 e. The van der Waals surface area contributed by atoms with Crippen LogP contribution in [-0.2, 0) is 4.74 Å². The quantitative estimate of drug-likeness (QED) is 0.518. The van der Waals surface area contributed by atoms with Crippen LogP contribution in [0.15, 0.2) is 4.60 Å². The Bertz CT molecular complexity index is 710. The molecule has 22 heavy (non-hydrogen) atoms. The summed E-state index contributed by atoms with van der Waals surface area (Å²) in [6.07, 6.45) is -4.47. The fraction of sp³-hybridized carbons (Fsp3) is 0.545. The lowest BCUT2D eigenvalue weighted by Crippen LogP contribution is -2.33. The molecule has 3 heterocycles. The van der Waals surface area contributed by atoms with E-state index in [1.165, 1.54) is 11.8 Å². The SMILES string of the molecule is COc1nc(N)c2c(Br)nn([C@@H]3O[C@H](CO)[C@@H](O)[C@H]3O)c2n1. The van der Waals surface area contributed by atoms with E-state index in [1.807, 2.05) is 0 Å². The van der Waals surface area contributed by atoms with Crippen LogP contribution in [0.25, 0.3) is 11.0 Å². The van der Waals surface area contributed by atoms with Gasteiger partial charge in [0.1, 0.15) is 28.7 Å². The van der Waals surface area contributed by atoms with E-state index in [-0.39, 0.29) is 17.5 Å². The predicted octanol–water partition coefficient (Wildman–Crippen LogP) is -1.21. The van der Waals surface area contributed by atoms with Crippen LogP contribution in [0, 0.1) is 0 Å². The topological polar surface area (TPSA) is 149 Å². The van der Waals surface area contributed by atoms with Gasteiger partial charge in [-0.15, -0.1) is 0 Å². The first kappa shape index (κ1) is 15.4. The summed E-state index contributed by atoms with van der Waals surface area (Å²) in [5.41, 5.74) is 6.12. The molecule has 5 N–H and O–H groups in total. The van der Waals surface area contributed by atoms with Crippen molar-refractivity contribution < 1.29 is 24.8 Å². The third kappa shape index (κ3) is 2.21. The Balaban J connectivity index is 2.13. The number of aliphatic hydroxyl groups excluding tert-OH is 3. The van der Waals surface area contributed by atoms with Gasteiger partial charge in [-0.1, -0.05) is 0 Å². The van der Waals surface area contributed by atoms with Gasteiger partial charge in [0.2, 0.25) is 0 Å². The summed E-state index contributed by atoms with van der Waals surface area (Å²) >= 11 is 3.25. The van der Waals surface area contributed by atoms with E-state index in [0.29, 0.717) is 9.99 Å². The van der Waals surface area contributed by atoms with Gasteiger partial charge < -0.3 is 30.5 Å². The van der Waals surface area contributed by atoms with Gasteiger partial charge in [0.05, 0.1) is 19.1 Å². The number of aliphatic hydroxyl groups is 3. The van der Waals surface area contributed by atoms with Crippen molar-refractivity contribution >= 4 is 32.8 Å². The average molecular weight is 376 g/mol. The average Bonchev–Trinajstić information content (AvgIpc) is 2.98. The Labute approximate surface area is 132 Å². The van der Waals surface area contributed by atoms with Crippen molar-refractivity contribution in [3.63, 3.8) is 0 Å². The lowest BCUT2D eigenvalue weighted by molar-refractivity contribution is -0.0568. The van der Waals surface area contributed by atoms with Crippen LogP contribution in [0.5, 0.6) is 6.01 Å². The van der Waals surface area contributed by atoms with E-state index in [4.69, 9.17) is 20.3 Å². The van der Waals surface area contributed by atoms with Crippen LogP contribution in [0.3, 0.4) is 0 Å². The highest BCUT2D eigenvalue weighted by molar-refractivity contribution is 9.10. The van der Waals surface area contributed by atoms with Gasteiger partial charge in [-0.3, -0.25) is 0 Å². The van der Waals surface area contributed by atoms with E-state index < -0.39 is 31.1 Å². The molecule has 11 heteroatoms. The number of aromatic nitrogens is 4. The second-order valence-corrected chi connectivity index (χ2v) is 5.51. The zero-order chi connectivity index (χ0) is 16.0. The van der Waals surface area contributed by atoms with Crippen LogP contribution in [-0.4, -0.2) is 67.1 Å². The third-order valence-corrected chi connectivity index (χ3v) is 4.01. The first-order valence-corrected chi connectivity index (χ1v) is 7.15. The molecule has 0 amide bonds. The minimum atomic E-state index is -1.28. The third-order valence-electron chi connectivity index (χ3n) is 3.46. The number of ether oxygens (including phenoxy) is 2. The molecular weight excluding hydrogens is 362 g/mol. The standard InChI is InChI=1S/C11H14BrN5O5/c1-21-11-14-8(13)4-7(12)16-17(9(4)15-11)10-6(20)5(19)3(2-18)22-10/h3,5-6,10,18-20H,2H2,1H3,(H2,13,14,15)/t3-,5-,6-,10-/m1/s1. The Morgan fingerprint density at radius 1 is 1.36 bits per heavy atom. The van der Waals surface area contributed by atoms with Crippen molar-refractivity contribution in [3.05, 3.63) is 4.60 Å². The molecule has 0 spiro atoms. The number of nitrogen functional groups attached to an aromatic ring is 1. The number of nitrogens with two attached hydrogens (primary N) is 1. The summed E-state index contributed by atoms with van der Waals surface area (Å²) in [4.78, 5) is 8.11. The summed E-state index contributed by atoms with van der Waals surface area (Å²) < 4.78 is 12.0. The fourth-order valence-electron chi connectivity index (χ4n) is 2.35. The van der Waals surface area contributed by atoms with E-state index in [0.717, 1.165) is 0 Å². The van der Waals surface area contributed by atoms with Crippen molar-refractivity contribution in [3.8, 4) is 6.01 Å². The van der Waals surface area contributed by atoms with Crippen LogP contribution < -0.4 is 10.5 Å². The molecule has 1 aliphatic rings. The van der Waals surface area contributed by atoms with Crippen LogP contribution in [0.4, 0.5) is 5.82 Å². The van der Waals surface area contributed by atoms with Crippen LogP contribution >= 0.6 is 15.9 Å². The molecule has 1 aliphatic heterocycles. The lowest BCUT2D eigenvalue weighted by Gasteiger charge is -2.15. The molecule has 3 rings (SSSR count). The minimum Gasteiger partial charge on any atom is -0.467 e. The highest BCUT2D eigenvalue weighted by atomic mass is 79.9. The zero-order valence-electron chi connectivity index (χ0n) is 11.4. The predicted molar refractivity (Wildman–Crippen MR) is 77.0 cm³/mol. The van der Waals surface area contributed by atoms with Gasteiger partial charge in [-0.2, -0.15) is 15.1 Å². The number of methoxy groups -OCH3 is 1. The summed E-state index contributed by atoms with van der Waals surface area (Å²) in [6, 6.07) is 0.0328. The van der Waals surface area contributed by atoms with Gasteiger partial charge in [-0.25, -0.2) is 4.68 Å². The fourth-order valence-corrected chi connectivity index (χ4v) is 2.90. The second-order valence-electron chi connectivity index (χ2n) is 4.76. The van der Waals surface area contributed by atoms with Crippen molar-refractivity contribution in [2.24, 2.45) is 0 Å². The van der Waals surface area contributed by atoms with Crippen molar-refractivity contribution in [2.75, 3.05) is 19.5 Å². The second kappa shape index (κ2) is 5.59. The lowest BCUT2D eigenvalue weighted by atomic mass is 10.1. The maximum absolute atomic E-state index is 10.1. The normalized spacial score (nSPS) is 28.4. The highest BCUT2D eigenvalue weighted by Gasteiger charge is 2.44. The molecule has 0 bridgehead atoms. The van der Waals surface area contributed by atoms with Gasteiger partial charge in [0.25, 0.3) is 0 Å². The van der Waals surface area contributed by atoms with Gasteiger partial charge in [0.15, 0.2) is 11.9 Å². The number of anilines is 1. The molecule has 1 saturated heterocycles. The number of hydrogen-bond acceptors (Lipinski definition) is 9. The molecule has 2 aromatic rings. The number of fused-ring (bicyclic) bond motifs is 1. The summed E-state index contributed by atoms with van der Waals surface area (Å²) in [6.45, 7) is -0.435. The monoisotopic (exact) mass is 375 g/mol. The Morgan fingerprint density at radius 2 is 2.09 bits per heavy atom. The van der Waals surface area contributed by atoms with Gasteiger partial charge >= 0.3 is 6.01 Å². The van der Waals surface area contributed by atoms with Gasteiger partial charge in [0, 0.05) is 0 Å². The molecule has 2 aromatic heterocycles. The molecule has 1 fully saturated rings. The van der Waals surface area contributed by atoms with Gasteiger partial charge in [-0.05, 0) is 15.9 Å². The van der Waals surface area contributed by atoms with Crippen molar-refractivity contribution in [1.29, 1.82) is 0 Å². The molecule has 4 atom stereocenters. The largest absolute Gasteiger partial charge is 0.467 e. The van der Waals surface area contributed by atoms with Crippen LogP contribution in [0.1, 0.15) is 6.23 Å². The highest BCUT2D eigenvalue weighted by Crippen LogP contribution is 2.35. The molecule has 0 aromatic carbocycles. The van der Waals surface area contributed by atoms with E-state index in [1.54, 1.807) is 0 Å². The first-order chi connectivity index (χ1) is 10.5. The Hall–Kier alpha value is -1.53. The number of nitrogens with zero attached hydrogens (tertiary/aromatic N) is 4. The van der Waals surface area contributed by atoms with Crippen LogP contribution in [0.2, 0.25) is 0 Å². The molecule has 0 saturated carbocycles. The molecular formula is C11H14BrN5O5. The number of halogens is 1. The van der Waals surface area contributed by atoms with E-state index in [9.17, 15) is 10.2 Å². The molecule has 10 nitrogen and oxygen atoms in total. The van der Waals surface area contributed by atoms with E-state index >= 15 is 0 Å². The molecule has 0 unspecified atom stereocenters. The summed E-state index contributed by atoms with van der Waals surface area (Å²) in [5.74, 6) is 0.145. The zero-order valence-corrected chi connectivity index (χ0v) is 13.0. The Kier molecular flexibility index (Phi) is 3.91. The van der Waals surface area contributed by atoms with Crippen molar-refractivity contribution in [2.45, 2.75) is 24.5 Å². The molecule has 0 radical (unpaired) electrons. The van der Waals surface area contributed by atoms with E-state index in [2.05, 4.69) is 31.0 Å².